The van der Waals surface area contributed by atoms with Crippen LogP contribution in [0.5, 0.6) is 5.75 Å². The maximum Gasteiger partial charge on any atom is 0.308 e. The maximum atomic E-state index is 13.1. The average molecular weight is 578 g/mol. The van der Waals surface area contributed by atoms with Crippen molar-refractivity contribution in [3.05, 3.63) is 125 Å². The number of halogens is 1. The topological polar surface area (TPSA) is 83.9 Å². The molecule has 0 amide bonds. The fourth-order valence-corrected chi connectivity index (χ4v) is 5.98. The van der Waals surface area contributed by atoms with E-state index in [-0.39, 0.29) is 15.5 Å². The Morgan fingerprint density at radius 2 is 1.60 bits per heavy atom. The van der Waals surface area contributed by atoms with Crippen molar-refractivity contribution < 1.29 is 23.1 Å². The molecule has 6 nitrogen and oxygen atoms in total. The second-order valence-corrected chi connectivity index (χ2v) is 12.0. The number of carbonyl (C=O) groups excluding carboxylic acids is 1. The molecule has 8 heteroatoms. The summed E-state index contributed by atoms with van der Waals surface area (Å²) in [7, 11) is -3.76. The minimum Gasteiger partial charge on any atom is -0.427 e. The first kappa shape index (κ1) is 29.5. The monoisotopic (exact) mass is 577 g/mol. The van der Waals surface area contributed by atoms with Gasteiger partial charge < -0.3 is 9.84 Å². The van der Waals surface area contributed by atoms with Gasteiger partial charge in [-0.05, 0) is 78.5 Å². The van der Waals surface area contributed by atoms with Crippen molar-refractivity contribution in [3.8, 4) is 5.75 Å². The zero-order valence-electron chi connectivity index (χ0n) is 22.2. The molecule has 0 aliphatic heterocycles. The van der Waals surface area contributed by atoms with Gasteiger partial charge in [-0.2, -0.15) is 0 Å². The van der Waals surface area contributed by atoms with E-state index < -0.39 is 21.9 Å². The summed E-state index contributed by atoms with van der Waals surface area (Å²) < 4.78 is 31.3. The third kappa shape index (κ3) is 8.26. The molecule has 0 aliphatic rings. The molecule has 0 saturated heterocycles. The van der Waals surface area contributed by atoms with Crippen molar-refractivity contribution in [2.24, 2.45) is 0 Å². The molecule has 40 heavy (non-hydrogen) atoms. The van der Waals surface area contributed by atoms with Crippen LogP contribution in [0.2, 0.25) is 5.02 Å². The lowest BCUT2D eigenvalue weighted by molar-refractivity contribution is -0.131. The van der Waals surface area contributed by atoms with Gasteiger partial charge in [0.15, 0.2) is 0 Å². The summed E-state index contributed by atoms with van der Waals surface area (Å²) in [5.41, 5.74) is 2.96. The van der Waals surface area contributed by atoms with Crippen LogP contribution in [-0.2, 0) is 27.6 Å². The van der Waals surface area contributed by atoms with E-state index in [0.29, 0.717) is 18.1 Å². The molecule has 0 aliphatic carbocycles. The molecular weight excluding hydrogens is 546 g/mol. The number of aliphatic hydroxyl groups is 1. The standard InChI is InChI=1S/C32H32ClNO5S/c1-24(35)39-29-13-6-14-31(21-29)40(37,38)30-17-15-25(16-18-30)10-7-19-34(22-26-8-3-2-4-9-26)23-32(36)27-11-5-12-28(33)20-27/h2-6,8-9,11-18,20-21,32,36H,7,10,19,22-23H2,1H3/t32-/m1/s1. The van der Waals surface area contributed by atoms with E-state index in [1.54, 1.807) is 36.4 Å². The van der Waals surface area contributed by atoms with Gasteiger partial charge in [0.05, 0.1) is 15.9 Å². The average Bonchev–Trinajstić information content (AvgIpc) is 2.93. The number of ether oxygens (including phenoxy) is 1. The molecule has 4 rings (SSSR count). The predicted octanol–water partition coefficient (Wildman–Crippen LogP) is 6.27. The molecular formula is C32H32ClNO5S. The van der Waals surface area contributed by atoms with Gasteiger partial charge in [0.2, 0.25) is 9.84 Å². The minimum absolute atomic E-state index is 0.0637. The Bertz CT molecular complexity index is 1520. The summed E-state index contributed by atoms with van der Waals surface area (Å²) >= 11 is 6.13. The molecule has 4 aromatic rings. The normalized spacial score (nSPS) is 12.3. The summed E-state index contributed by atoms with van der Waals surface area (Å²) in [5.74, 6) is -0.328. The summed E-state index contributed by atoms with van der Waals surface area (Å²) in [4.78, 5) is 13.7. The number of hydrogen-bond acceptors (Lipinski definition) is 6. The van der Waals surface area contributed by atoms with Crippen molar-refractivity contribution in [2.75, 3.05) is 13.1 Å². The molecule has 1 atom stereocenters. The summed E-state index contributed by atoms with van der Waals surface area (Å²) in [6.45, 7) is 3.17. The first-order valence-corrected chi connectivity index (χ1v) is 14.9. The van der Waals surface area contributed by atoms with Crippen molar-refractivity contribution in [1.29, 1.82) is 0 Å². The highest BCUT2D eigenvalue weighted by Crippen LogP contribution is 2.25. The molecule has 4 aromatic carbocycles. The smallest absolute Gasteiger partial charge is 0.308 e. The van der Waals surface area contributed by atoms with E-state index in [1.165, 1.54) is 19.1 Å². The lowest BCUT2D eigenvalue weighted by atomic mass is 10.1. The Kier molecular flexibility index (Phi) is 10.1. The van der Waals surface area contributed by atoms with Crippen molar-refractivity contribution in [3.63, 3.8) is 0 Å². The Hall–Kier alpha value is -3.49. The van der Waals surface area contributed by atoms with Crippen molar-refractivity contribution in [1.82, 2.24) is 4.90 Å². The summed E-state index contributed by atoms with van der Waals surface area (Å²) in [6, 6.07) is 30.2. The number of aryl methyl sites for hydroxylation is 1. The SMILES string of the molecule is CC(=O)Oc1cccc(S(=O)(=O)c2ccc(CCCN(Cc3ccccc3)C[C@@H](O)c3cccc(Cl)c3)cc2)c1. The zero-order valence-corrected chi connectivity index (χ0v) is 23.8. The Labute approximate surface area is 240 Å². The molecule has 0 saturated carbocycles. The van der Waals surface area contributed by atoms with Crippen LogP contribution in [0.1, 0.15) is 36.1 Å². The Morgan fingerprint density at radius 1 is 0.875 bits per heavy atom. The summed E-state index contributed by atoms with van der Waals surface area (Å²) in [6.07, 6.45) is 0.901. The van der Waals surface area contributed by atoms with Gasteiger partial charge in [-0.1, -0.05) is 72.3 Å². The molecule has 208 valence electrons. The largest absolute Gasteiger partial charge is 0.427 e. The lowest BCUT2D eigenvalue weighted by Gasteiger charge is -2.25. The fourth-order valence-electron chi connectivity index (χ4n) is 4.49. The maximum absolute atomic E-state index is 13.1. The minimum atomic E-state index is -3.76. The van der Waals surface area contributed by atoms with Crippen molar-refractivity contribution in [2.45, 2.75) is 42.2 Å². The van der Waals surface area contributed by atoms with Crippen LogP contribution in [0.4, 0.5) is 0 Å². The number of carbonyl (C=O) groups is 1. The first-order chi connectivity index (χ1) is 19.2. The van der Waals surface area contributed by atoms with Crippen molar-refractivity contribution >= 4 is 27.4 Å². The van der Waals surface area contributed by atoms with Gasteiger partial charge >= 0.3 is 5.97 Å². The Balaban J connectivity index is 1.40. The van der Waals surface area contributed by atoms with E-state index in [9.17, 15) is 18.3 Å². The second-order valence-electron chi connectivity index (χ2n) is 9.61. The third-order valence-corrected chi connectivity index (χ3v) is 8.47. The lowest BCUT2D eigenvalue weighted by Crippen LogP contribution is -2.29. The van der Waals surface area contributed by atoms with E-state index >= 15 is 0 Å². The molecule has 0 fully saturated rings. The number of esters is 1. The quantitative estimate of drug-likeness (QED) is 0.158. The van der Waals surface area contributed by atoms with Crippen LogP contribution in [0.15, 0.2) is 113 Å². The van der Waals surface area contributed by atoms with E-state index in [4.69, 9.17) is 16.3 Å². The van der Waals surface area contributed by atoms with Crippen LogP contribution in [-0.4, -0.2) is 37.5 Å². The number of aliphatic hydroxyl groups excluding tert-OH is 1. The van der Waals surface area contributed by atoms with Gasteiger partial charge in [0, 0.05) is 25.0 Å². The van der Waals surface area contributed by atoms with Gasteiger partial charge in [0.1, 0.15) is 5.75 Å². The highest BCUT2D eigenvalue weighted by atomic mass is 35.5. The van der Waals surface area contributed by atoms with Crippen LogP contribution < -0.4 is 4.74 Å². The molecule has 1 N–H and O–H groups in total. The van der Waals surface area contributed by atoms with Crippen LogP contribution in [0, 0.1) is 0 Å². The number of nitrogens with zero attached hydrogens (tertiary/aromatic N) is 1. The predicted molar refractivity (Wildman–Crippen MR) is 156 cm³/mol. The third-order valence-electron chi connectivity index (χ3n) is 6.46. The molecule has 0 radical (unpaired) electrons. The van der Waals surface area contributed by atoms with E-state index in [2.05, 4.69) is 17.0 Å². The molecule has 0 heterocycles. The van der Waals surface area contributed by atoms with Gasteiger partial charge in [-0.3, -0.25) is 9.69 Å². The van der Waals surface area contributed by atoms with Crippen LogP contribution in [0.3, 0.4) is 0 Å². The molecule has 0 spiro atoms. The Morgan fingerprint density at radius 3 is 2.30 bits per heavy atom. The van der Waals surface area contributed by atoms with Gasteiger partial charge in [-0.25, -0.2) is 8.42 Å². The molecule has 0 bridgehead atoms. The number of sulfone groups is 1. The number of hydrogen-bond donors (Lipinski definition) is 1. The zero-order chi connectivity index (χ0) is 28.5. The molecule has 0 aromatic heterocycles. The van der Waals surface area contributed by atoms with Crippen LogP contribution in [0.25, 0.3) is 0 Å². The second kappa shape index (κ2) is 13.7. The highest BCUT2D eigenvalue weighted by molar-refractivity contribution is 7.91. The van der Waals surface area contributed by atoms with E-state index in [0.717, 1.165) is 36.1 Å². The number of benzene rings is 4. The van der Waals surface area contributed by atoms with Gasteiger partial charge in [0.25, 0.3) is 0 Å². The molecule has 0 unspecified atom stereocenters. The van der Waals surface area contributed by atoms with E-state index in [1.807, 2.05) is 42.5 Å². The highest BCUT2D eigenvalue weighted by Gasteiger charge is 2.19. The van der Waals surface area contributed by atoms with Gasteiger partial charge in [-0.15, -0.1) is 0 Å². The van der Waals surface area contributed by atoms with Crippen LogP contribution >= 0.6 is 11.6 Å². The fraction of sp³-hybridized carbons (Fsp3) is 0.219. The first-order valence-electron chi connectivity index (χ1n) is 13.0. The summed E-state index contributed by atoms with van der Waals surface area (Å²) in [5, 5.41) is 11.5. The number of rotatable bonds is 12.